The fourth-order valence-corrected chi connectivity index (χ4v) is 7.26. The van der Waals surface area contributed by atoms with Crippen molar-refractivity contribution in [3.05, 3.63) is 40.8 Å². The summed E-state index contributed by atoms with van der Waals surface area (Å²) in [6, 6.07) is 9.81. The van der Waals surface area contributed by atoms with Crippen LogP contribution in [0.5, 0.6) is 0 Å². The van der Waals surface area contributed by atoms with Crippen molar-refractivity contribution in [3.8, 4) is 11.1 Å². The van der Waals surface area contributed by atoms with Crippen LogP contribution in [0, 0.1) is 5.92 Å². The first-order valence-corrected chi connectivity index (χ1v) is 13.3. The van der Waals surface area contributed by atoms with Gasteiger partial charge in [0, 0.05) is 16.0 Å². The van der Waals surface area contributed by atoms with Crippen molar-refractivity contribution in [3.63, 3.8) is 0 Å². The summed E-state index contributed by atoms with van der Waals surface area (Å²) >= 11 is 1.35. The van der Waals surface area contributed by atoms with E-state index in [1.165, 1.54) is 11.3 Å². The molecular weight excluding hydrogens is 442 g/mol. The van der Waals surface area contributed by atoms with Crippen molar-refractivity contribution in [2.75, 3.05) is 0 Å². The summed E-state index contributed by atoms with van der Waals surface area (Å²) in [4.78, 5) is 19.6. The first kappa shape index (κ1) is 23.1. The summed E-state index contributed by atoms with van der Waals surface area (Å²) in [6.45, 7) is 10.3. The normalized spacial score (nSPS) is 17.7. The summed E-state index contributed by atoms with van der Waals surface area (Å²) in [5.74, 6) is 0.517. The second kappa shape index (κ2) is 8.08. The largest absolute Gasteiger partial charge is 0.297 e. The van der Waals surface area contributed by atoms with Gasteiger partial charge in [-0.05, 0) is 63.1 Å². The Kier molecular flexibility index (Phi) is 5.84. The molecule has 2 aliphatic rings. The standard InChI is InChI=1S/C24H31N3O3S2/c1-16(2)12-19-13-20(21(31-19)32(29,30)26-23(3,4)5)18-8-6-17(7-9-18)14-27-15-25-24(10-11-24)22(27)28/h6-9,13,15-16,26H,10-12,14H2,1-5H3. The van der Waals surface area contributed by atoms with Crippen molar-refractivity contribution >= 4 is 33.6 Å². The molecule has 8 heteroatoms. The molecule has 0 saturated heterocycles. The van der Waals surface area contributed by atoms with Crippen LogP contribution in [0.15, 0.2) is 39.5 Å². The monoisotopic (exact) mass is 473 g/mol. The maximum atomic E-state index is 13.2. The molecule has 2 heterocycles. The Labute approximate surface area is 194 Å². The first-order chi connectivity index (χ1) is 14.9. The van der Waals surface area contributed by atoms with Crippen LogP contribution in [0.2, 0.25) is 0 Å². The number of rotatable bonds is 7. The lowest BCUT2D eigenvalue weighted by molar-refractivity contribution is -0.128. The number of sulfonamides is 1. The van der Waals surface area contributed by atoms with E-state index in [9.17, 15) is 13.2 Å². The van der Waals surface area contributed by atoms with Crippen LogP contribution in [-0.4, -0.2) is 36.6 Å². The lowest BCUT2D eigenvalue weighted by atomic mass is 10.0. The molecule has 0 bridgehead atoms. The Morgan fingerprint density at radius 2 is 1.84 bits per heavy atom. The summed E-state index contributed by atoms with van der Waals surface area (Å²) in [5, 5.41) is 0. The van der Waals surface area contributed by atoms with E-state index in [1.54, 1.807) is 11.2 Å². The summed E-state index contributed by atoms with van der Waals surface area (Å²) < 4.78 is 29.5. The number of nitrogens with zero attached hydrogens (tertiary/aromatic N) is 2. The van der Waals surface area contributed by atoms with Crippen LogP contribution in [0.4, 0.5) is 0 Å². The minimum atomic E-state index is -3.66. The van der Waals surface area contributed by atoms with E-state index in [1.807, 2.05) is 51.1 Å². The molecule has 0 unspecified atom stereocenters. The zero-order valence-corrected chi connectivity index (χ0v) is 20.9. The molecule has 32 heavy (non-hydrogen) atoms. The molecule has 1 aliphatic heterocycles. The molecule has 1 spiro atoms. The molecule has 1 fully saturated rings. The molecule has 1 aliphatic carbocycles. The van der Waals surface area contributed by atoms with E-state index in [-0.39, 0.29) is 5.91 Å². The molecule has 172 valence electrons. The predicted molar refractivity (Wildman–Crippen MR) is 129 cm³/mol. The Morgan fingerprint density at radius 3 is 2.38 bits per heavy atom. The summed E-state index contributed by atoms with van der Waals surface area (Å²) in [7, 11) is -3.66. The Balaban J connectivity index is 1.61. The molecular formula is C24H31N3O3S2. The molecule has 6 nitrogen and oxygen atoms in total. The maximum absolute atomic E-state index is 13.2. The number of nitrogens with one attached hydrogen (secondary N) is 1. The third-order valence-electron chi connectivity index (χ3n) is 5.49. The van der Waals surface area contributed by atoms with Gasteiger partial charge < -0.3 is 0 Å². The number of carbonyl (C=O) groups is 1. The lowest BCUT2D eigenvalue weighted by Gasteiger charge is -2.20. The number of hydrogen-bond donors (Lipinski definition) is 1. The van der Waals surface area contributed by atoms with E-state index in [0.29, 0.717) is 16.7 Å². The highest BCUT2D eigenvalue weighted by atomic mass is 32.2. The van der Waals surface area contributed by atoms with Gasteiger partial charge in [0.25, 0.3) is 15.9 Å². The van der Waals surface area contributed by atoms with Gasteiger partial charge in [-0.1, -0.05) is 38.1 Å². The highest BCUT2D eigenvalue weighted by Crippen LogP contribution is 2.44. The van der Waals surface area contributed by atoms with Gasteiger partial charge in [0.15, 0.2) is 0 Å². The van der Waals surface area contributed by atoms with Crippen molar-refractivity contribution in [2.45, 2.75) is 75.7 Å². The Hall–Kier alpha value is -2.03. The van der Waals surface area contributed by atoms with E-state index in [4.69, 9.17) is 0 Å². The number of amides is 1. The van der Waals surface area contributed by atoms with Crippen molar-refractivity contribution in [1.29, 1.82) is 0 Å². The quantitative estimate of drug-likeness (QED) is 0.639. The van der Waals surface area contributed by atoms with Crippen molar-refractivity contribution < 1.29 is 13.2 Å². The maximum Gasteiger partial charge on any atom is 0.255 e. The number of benzene rings is 1. The second-order valence-corrected chi connectivity index (χ2v) is 13.3. The zero-order chi connectivity index (χ0) is 23.3. The number of aliphatic imine (C=N–C) groups is 1. The molecule has 1 saturated carbocycles. The van der Waals surface area contributed by atoms with E-state index >= 15 is 0 Å². The van der Waals surface area contributed by atoms with Gasteiger partial charge in [-0.3, -0.25) is 14.7 Å². The molecule has 0 radical (unpaired) electrons. The molecule has 1 aromatic heterocycles. The average Bonchev–Trinajstić information content (AvgIpc) is 3.25. The van der Waals surface area contributed by atoms with E-state index < -0.39 is 21.1 Å². The minimum absolute atomic E-state index is 0.0828. The second-order valence-electron chi connectivity index (χ2n) is 10.3. The van der Waals surface area contributed by atoms with Crippen LogP contribution in [0.25, 0.3) is 11.1 Å². The third-order valence-corrected chi connectivity index (χ3v) is 8.94. The van der Waals surface area contributed by atoms with Crippen LogP contribution in [0.1, 0.15) is 57.9 Å². The molecule has 0 atom stereocenters. The number of carbonyl (C=O) groups excluding carboxylic acids is 1. The van der Waals surface area contributed by atoms with Crippen LogP contribution in [0.3, 0.4) is 0 Å². The highest BCUT2D eigenvalue weighted by Gasteiger charge is 2.54. The van der Waals surface area contributed by atoms with E-state index in [2.05, 4.69) is 23.6 Å². The van der Waals surface area contributed by atoms with Crippen LogP contribution >= 0.6 is 11.3 Å². The molecule has 2 aromatic rings. The smallest absolute Gasteiger partial charge is 0.255 e. The molecule has 1 N–H and O–H groups in total. The van der Waals surface area contributed by atoms with Crippen molar-refractivity contribution in [2.24, 2.45) is 10.9 Å². The first-order valence-electron chi connectivity index (χ1n) is 11.0. The van der Waals surface area contributed by atoms with E-state index in [0.717, 1.165) is 40.8 Å². The summed E-state index contributed by atoms with van der Waals surface area (Å²) in [6.07, 6.45) is 4.17. The molecule has 1 aromatic carbocycles. The van der Waals surface area contributed by atoms with Crippen LogP contribution < -0.4 is 4.72 Å². The summed E-state index contributed by atoms with van der Waals surface area (Å²) in [5.41, 5.74) is 1.54. The van der Waals surface area contributed by atoms with Gasteiger partial charge in [-0.2, -0.15) is 0 Å². The highest BCUT2D eigenvalue weighted by molar-refractivity contribution is 7.91. The van der Waals surface area contributed by atoms with Gasteiger partial charge >= 0.3 is 0 Å². The Bertz CT molecular complexity index is 1150. The number of thiophene rings is 1. The lowest BCUT2D eigenvalue weighted by Crippen LogP contribution is -2.40. The molecule has 4 rings (SSSR count). The fraction of sp³-hybridized carbons (Fsp3) is 0.500. The third kappa shape index (κ3) is 4.82. The van der Waals surface area contributed by atoms with Gasteiger partial charge in [0.1, 0.15) is 9.75 Å². The number of hydrogen-bond acceptors (Lipinski definition) is 5. The minimum Gasteiger partial charge on any atom is -0.297 e. The van der Waals surface area contributed by atoms with Gasteiger partial charge in [-0.25, -0.2) is 13.1 Å². The van der Waals surface area contributed by atoms with Gasteiger partial charge in [0.05, 0.1) is 12.9 Å². The fourth-order valence-electron chi connectivity index (χ4n) is 3.89. The average molecular weight is 474 g/mol. The molecule has 1 amide bonds. The predicted octanol–water partition coefficient (Wildman–Crippen LogP) is 4.59. The zero-order valence-electron chi connectivity index (χ0n) is 19.3. The topological polar surface area (TPSA) is 78.8 Å². The van der Waals surface area contributed by atoms with Gasteiger partial charge in [-0.15, -0.1) is 11.3 Å². The SMILES string of the molecule is CC(C)Cc1cc(-c2ccc(CN3C=NC4(CC4)C3=O)cc2)c(S(=O)(=O)NC(C)(C)C)s1. The van der Waals surface area contributed by atoms with Crippen LogP contribution in [-0.2, 0) is 27.8 Å². The van der Waals surface area contributed by atoms with Gasteiger partial charge in [0.2, 0.25) is 0 Å². The van der Waals surface area contributed by atoms with Crippen molar-refractivity contribution in [1.82, 2.24) is 9.62 Å². The Morgan fingerprint density at radius 1 is 1.19 bits per heavy atom.